The van der Waals surface area contributed by atoms with Gasteiger partial charge >= 0.3 is 33.6 Å². The van der Waals surface area contributed by atoms with Crippen molar-refractivity contribution in [2.45, 2.75) is 360 Å². The maximum Gasteiger partial charge on any atom is 0.472 e. The monoisotopic (exact) mass is 1570 g/mol. The van der Waals surface area contributed by atoms with Gasteiger partial charge in [-0.15, -0.1) is 0 Å². The van der Waals surface area contributed by atoms with Crippen LogP contribution in [0.15, 0.2) is 158 Å². The molecule has 0 spiro atoms. The molecule has 5 atom stereocenters. The SMILES string of the molecule is CC/C=C\C/C=C\C/C=C\C/C=C\C/C=C\CCCCCCCCCCCCCCCCCCCCCC(=O)OCC(O)COP(=O)(O)OCC(O)COP(=O)(O)OCC(COC(=O)CCCCCCCC/C=C\C/C=C\C/C=C\C/C=C\CC)OC(=O)CCCCCCCC/C=C\C/C=C\C/C=C\C/C=C\CC. The highest BCUT2D eigenvalue weighted by atomic mass is 31.2. The summed E-state index contributed by atoms with van der Waals surface area (Å²) in [6.45, 7) is 2.33. The molecule has 4 N–H and O–H groups in total. The second kappa shape index (κ2) is 82.6. The maximum atomic E-state index is 13.0. The molecule has 109 heavy (non-hydrogen) atoms. The first-order valence-corrected chi connectivity index (χ1v) is 45.8. The Kier molecular flexibility index (Phi) is 79.0. The van der Waals surface area contributed by atoms with Crippen molar-refractivity contribution in [2.75, 3.05) is 39.6 Å². The number of hydrogen-bond donors (Lipinski definition) is 4. The van der Waals surface area contributed by atoms with Crippen LogP contribution in [0, 0.1) is 0 Å². The zero-order valence-electron chi connectivity index (χ0n) is 68.4. The summed E-state index contributed by atoms with van der Waals surface area (Å²) in [5.41, 5.74) is 0. The number of carbonyl (C=O) groups is 3. The predicted octanol–water partition coefficient (Wildman–Crippen LogP) is 25.8. The van der Waals surface area contributed by atoms with Crippen molar-refractivity contribution in [3.8, 4) is 0 Å². The zero-order valence-corrected chi connectivity index (χ0v) is 70.2. The molecular formula is C91H154O16P2. The van der Waals surface area contributed by atoms with Crippen molar-refractivity contribution in [3.05, 3.63) is 158 Å². The van der Waals surface area contributed by atoms with Gasteiger partial charge in [-0.05, 0) is 141 Å². The Hall–Kier alpha value is -4.83. The summed E-state index contributed by atoms with van der Waals surface area (Å²) in [6.07, 6.45) is 104. The van der Waals surface area contributed by atoms with Crippen LogP contribution in [0.3, 0.4) is 0 Å². The molecule has 0 aromatic rings. The molecule has 0 amide bonds. The minimum absolute atomic E-state index is 0.0811. The first kappa shape index (κ1) is 104. The van der Waals surface area contributed by atoms with E-state index in [2.05, 4.69) is 179 Å². The molecule has 0 aromatic carbocycles. The fraction of sp³-hybridized carbons (Fsp3) is 0.681. The second-order valence-electron chi connectivity index (χ2n) is 28.2. The van der Waals surface area contributed by atoms with E-state index in [1.807, 2.05) is 0 Å². The second-order valence-corrected chi connectivity index (χ2v) is 31.1. The summed E-state index contributed by atoms with van der Waals surface area (Å²) in [5.74, 6) is -1.60. The van der Waals surface area contributed by atoms with E-state index in [-0.39, 0.29) is 19.3 Å². The van der Waals surface area contributed by atoms with Gasteiger partial charge < -0.3 is 34.2 Å². The van der Waals surface area contributed by atoms with Gasteiger partial charge in [0.05, 0.1) is 26.4 Å². The van der Waals surface area contributed by atoms with Crippen LogP contribution in [0.4, 0.5) is 0 Å². The summed E-state index contributed by atoms with van der Waals surface area (Å²) in [6, 6.07) is 0. The van der Waals surface area contributed by atoms with Crippen LogP contribution < -0.4 is 0 Å². The van der Waals surface area contributed by atoms with Crippen LogP contribution >= 0.6 is 15.6 Å². The van der Waals surface area contributed by atoms with E-state index in [0.29, 0.717) is 19.3 Å². The Labute approximate surface area is 663 Å². The Morgan fingerprint density at radius 3 is 0.725 bits per heavy atom. The molecule has 0 aliphatic rings. The fourth-order valence-electron chi connectivity index (χ4n) is 11.3. The van der Waals surface area contributed by atoms with Crippen LogP contribution in [0.1, 0.15) is 342 Å². The first-order valence-electron chi connectivity index (χ1n) is 42.8. The molecule has 16 nitrogen and oxygen atoms in total. The van der Waals surface area contributed by atoms with Crippen molar-refractivity contribution >= 4 is 33.6 Å². The number of phosphoric ester groups is 2. The summed E-state index contributed by atoms with van der Waals surface area (Å²) in [4.78, 5) is 58.8. The lowest BCUT2D eigenvalue weighted by molar-refractivity contribution is -0.161. The molecule has 0 fully saturated rings. The number of rotatable bonds is 80. The van der Waals surface area contributed by atoms with E-state index in [1.54, 1.807) is 0 Å². The van der Waals surface area contributed by atoms with E-state index in [9.17, 15) is 43.5 Å². The van der Waals surface area contributed by atoms with Crippen LogP contribution in [0.25, 0.3) is 0 Å². The van der Waals surface area contributed by atoms with E-state index in [0.717, 1.165) is 180 Å². The quantitative estimate of drug-likeness (QED) is 0.0146. The van der Waals surface area contributed by atoms with Gasteiger partial charge in [0.15, 0.2) is 6.10 Å². The number of hydrogen-bond acceptors (Lipinski definition) is 14. The Morgan fingerprint density at radius 2 is 0.459 bits per heavy atom. The van der Waals surface area contributed by atoms with Gasteiger partial charge in [-0.1, -0.05) is 339 Å². The van der Waals surface area contributed by atoms with Crippen LogP contribution in [-0.4, -0.2) is 95.9 Å². The smallest absolute Gasteiger partial charge is 0.463 e. The topological polar surface area (TPSA) is 231 Å². The van der Waals surface area contributed by atoms with Gasteiger partial charge in [0.2, 0.25) is 0 Å². The predicted molar refractivity (Wildman–Crippen MR) is 454 cm³/mol. The summed E-state index contributed by atoms with van der Waals surface area (Å²) in [7, 11) is -9.81. The third kappa shape index (κ3) is 83.9. The number of aliphatic hydroxyl groups is 2. The molecule has 0 radical (unpaired) electrons. The Bertz CT molecular complexity index is 2610. The molecule has 0 bridgehead atoms. The number of phosphoric acid groups is 2. The van der Waals surface area contributed by atoms with Crippen molar-refractivity contribution in [2.24, 2.45) is 0 Å². The standard InChI is InChI=1S/C91H154O16P2/c1-4-7-10-13-16-19-22-25-28-31-34-35-36-37-38-39-40-41-42-43-44-45-46-47-48-49-52-54-56-59-62-65-68-71-74-77-89(94)101-80-86(92)81-103-108(97,98)104-82-87(93)83-105-109(99,100)106-85-88(107-91(96)79-76-73-70-67-64-61-58-55-51-33-30-27-24-21-18-15-12-9-6-3)84-102-90(95)78-75-72-69-66-63-60-57-53-50-32-29-26-23-20-17-14-11-8-5-2/h7-12,16-21,25-30,34-35,37-38,50-51,53,55,86-88,92-93H,4-6,13-15,22-24,31-33,36,39-49,52,54,56-85H2,1-3H3,(H,97,98)(H,99,100)/b10-7-,11-8-,12-9-,19-16-,20-17-,21-18-,28-25-,29-26-,30-27-,35-34-,38-37-,53-50-,55-51-. The van der Waals surface area contributed by atoms with Crippen LogP contribution in [0.2, 0.25) is 0 Å². The molecule has 0 rings (SSSR count). The third-order valence-electron chi connectivity index (χ3n) is 17.7. The van der Waals surface area contributed by atoms with Crippen molar-refractivity contribution in [3.63, 3.8) is 0 Å². The minimum atomic E-state index is -4.95. The number of carbonyl (C=O) groups excluding carboxylic acids is 3. The highest BCUT2D eigenvalue weighted by Gasteiger charge is 2.29. The Morgan fingerprint density at radius 1 is 0.257 bits per heavy atom. The van der Waals surface area contributed by atoms with E-state index in [4.69, 9.17) is 32.3 Å². The third-order valence-corrected chi connectivity index (χ3v) is 19.6. The first-order chi connectivity index (χ1) is 53.2. The van der Waals surface area contributed by atoms with E-state index in [1.165, 1.54) is 103 Å². The highest BCUT2D eigenvalue weighted by Crippen LogP contribution is 2.45. The molecule has 5 unspecified atom stereocenters. The van der Waals surface area contributed by atoms with Gasteiger partial charge in [-0.25, -0.2) is 9.13 Å². The summed E-state index contributed by atoms with van der Waals surface area (Å²) < 4.78 is 61.3. The lowest BCUT2D eigenvalue weighted by Gasteiger charge is -2.21. The molecule has 18 heteroatoms. The average molecular weight is 1570 g/mol. The summed E-state index contributed by atoms with van der Waals surface area (Å²) >= 11 is 0. The molecule has 0 saturated heterocycles. The molecule has 0 aromatic heterocycles. The lowest BCUT2D eigenvalue weighted by Crippen LogP contribution is -2.30. The van der Waals surface area contributed by atoms with Gasteiger partial charge in [0.1, 0.15) is 25.4 Å². The van der Waals surface area contributed by atoms with Crippen molar-refractivity contribution in [1.82, 2.24) is 0 Å². The van der Waals surface area contributed by atoms with Gasteiger partial charge in [-0.2, -0.15) is 0 Å². The Balaban J connectivity index is 4.47. The molecule has 0 heterocycles. The molecule has 0 aliphatic carbocycles. The fourth-order valence-corrected chi connectivity index (χ4v) is 12.9. The van der Waals surface area contributed by atoms with Crippen LogP contribution in [-0.2, 0) is 55.8 Å². The highest BCUT2D eigenvalue weighted by molar-refractivity contribution is 7.47. The molecule has 0 saturated carbocycles. The molecular weight excluding hydrogens is 1410 g/mol. The number of ether oxygens (including phenoxy) is 3. The number of aliphatic hydroxyl groups excluding tert-OH is 2. The largest absolute Gasteiger partial charge is 0.472 e. The van der Waals surface area contributed by atoms with Crippen molar-refractivity contribution < 1.29 is 75.8 Å². The molecule has 0 aliphatic heterocycles. The maximum absolute atomic E-state index is 13.0. The van der Waals surface area contributed by atoms with Gasteiger partial charge in [0, 0.05) is 19.3 Å². The zero-order chi connectivity index (χ0) is 79.4. The number of esters is 3. The van der Waals surface area contributed by atoms with Crippen LogP contribution in [0.5, 0.6) is 0 Å². The van der Waals surface area contributed by atoms with Crippen molar-refractivity contribution in [1.29, 1.82) is 0 Å². The lowest BCUT2D eigenvalue weighted by atomic mass is 10.0. The summed E-state index contributed by atoms with van der Waals surface area (Å²) in [5, 5.41) is 20.7. The average Bonchev–Trinajstić information content (AvgIpc) is 0.900. The van der Waals surface area contributed by atoms with E-state index < -0.39 is 91.5 Å². The number of unbranched alkanes of at least 4 members (excludes halogenated alkanes) is 31. The number of allylic oxidation sites excluding steroid dienone is 26. The van der Waals surface area contributed by atoms with Gasteiger partial charge in [-0.3, -0.25) is 32.5 Å². The molecule has 624 valence electrons. The normalized spacial score (nSPS) is 14.7. The minimum Gasteiger partial charge on any atom is -0.463 e. The van der Waals surface area contributed by atoms with Gasteiger partial charge in [0.25, 0.3) is 0 Å². The van der Waals surface area contributed by atoms with E-state index >= 15 is 0 Å².